The van der Waals surface area contributed by atoms with Gasteiger partial charge in [0.1, 0.15) is 11.6 Å². The van der Waals surface area contributed by atoms with E-state index < -0.39 is 27.6 Å². The summed E-state index contributed by atoms with van der Waals surface area (Å²) in [5, 5.41) is 2.28. The zero-order valence-electron chi connectivity index (χ0n) is 12.7. The molecular weight excluding hydrogens is 406 g/mol. The monoisotopic (exact) mass is 418 g/mol. The summed E-state index contributed by atoms with van der Waals surface area (Å²) in [6.45, 7) is 0. The Morgan fingerprint density at radius 2 is 1.79 bits per heavy atom. The third kappa shape index (κ3) is 3.80. The van der Waals surface area contributed by atoms with E-state index in [-0.39, 0.29) is 16.1 Å². The first-order valence-corrected chi connectivity index (χ1v) is 8.84. The molecule has 0 aliphatic heterocycles. The molecule has 24 heavy (non-hydrogen) atoms. The maximum atomic E-state index is 13.6. The quantitative estimate of drug-likeness (QED) is 0.828. The topological polar surface area (TPSA) is 66.5 Å². The van der Waals surface area contributed by atoms with Crippen LogP contribution >= 0.6 is 15.9 Å². The molecule has 5 nitrogen and oxygen atoms in total. The lowest BCUT2D eigenvalue weighted by Crippen LogP contribution is -2.23. The van der Waals surface area contributed by atoms with Crippen molar-refractivity contribution in [2.24, 2.45) is 0 Å². The van der Waals surface area contributed by atoms with Gasteiger partial charge in [0.2, 0.25) is 10.0 Å². The van der Waals surface area contributed by atoms with Crippen molar-refractivity contribution in [2.45, 2.75) is 4.90 Å². The summed E-state index contributed by atoms with van der Waals surface area (Å²) in [4.78, 5) is 12.1. The second kappa shape index (κ2) is 6.96. The summed E-state index contributed by atoms with van der Waals surface area (Å²) in [7, 11) is -1.04. The highest BCUT2D eigenvalue weighted by atomic mass is 79.9. The smallest absolute Gasteiger partial charge is 0.255 e. The fraction of sp³-hybridized carbons (Fsp3) is 0.133. The maximum absolute atomic E-state index is 13.6. The van der Waals surface area contributed by atoms with Gasteiger partial charge in [-0.2, -0.15) is 0 Å². The molecule has 2 aromatic carbocycles. The summed E-state index contributed by atoms with van der Waals surface area (Å²) in [5.41, 5.74) is -0.191. The van der Waals surface area contributed by atoms with Gasteiger partial charge in [-0.15, -0.1) is 0 Å². The predicted molar refractivity (Wildman–Crippen MR) is 89.3 cm³/mol. The van der Waals surface area contributed by atoms with Crippen molar-refractivity contribution in [1.29, 1.82) is 0 Å². The molecule has 0 fully saturated rings. The third-order valence-corrected chi connectivity index (χ3v) is 5.94. The molecule has 2 rings (SSSR count). The lowest BCUT2D eigenvalue weighted by Gasteiger charge is -2.14. The lowest BCUT2D eigenvalue weighted by molar-refractivity contribution is 0.102. The number of hydrogen-bond donors (Lipinski definition) is 1. The predicted octanol–water partition coefficient (Wildman–Crippen LogP) is 3.23. The van der Waals surface area contributed by atoms with Crippen molar-refractivity contribution >= 4 is 37.5 Å². The number of carbonyl (C=O) groups is 1. The summed E-state index contributed by atoms with van der Waals surface area (Å²) in [6.07, 6.45) is 0. The van der Waals surface area contributed by atoms with Crippen LogP contribution in [-0.2, 0) is 10.0 Å². The van der Waals surface area contributed by atoms with E-state index in [9.17, 15) is 22.0 Å². The SMILES string of the molecule is CN(C)S(=O)(=O)c1cc(C(=O)Nc2ccc(F)cc2F)ccc1Br. The molecule has 0 aliphatic rings. The molecule has 0 aliphatic carbocycles. The highest BCUT2D eigenvalue weighted by Gasteiger charge is 2.22. The zero-order chi connectivity index (χ0) is 18.1. The Balaban J connectivity index is 2.37. The largest absolute Gasteiger partial charge is 0.319 e. The molecule has 0 radical (unpaired) electrons. The van der Waals surface area contributed by atoms with Crippen molar-refractivity contribution in [3.8, 4) is 0 Å². The van der Waals surface area contributed by atoms with E-state index in [2.05, 4.69) is 21.2 Å². The fourth-order valence-corrected chi connectivity index (χ4v) is 3.67. The average Bonchev–Trinajstić information content (AvgIpc) is 2.50. The number of sulfonamides is 1. The molecule has 0 saturated heterocycles. The van der Waals surface area contributed by atoms with Crippen LogP contribution in [0, 0.1) is 11.6 Å². The van der Waals surface area contributed by atoms with Gasteiger partial charge in [0.15, 0.2) is 0 Å². The molecule has 1 amide bonds. The molecule has 0 bridgehead atoms. The highest BCUT2D eigenvalue weighted by Crippen LogP contribution is 2.26. The number of carbonyl (C=O) groups excluding carboxylic acids is 1. The number of nitrogens with zero attached hydrogens (tertiary/aromatic N) is 1. The molecule has 0 heterocycles. The second-order valence-electron chi connectivity index (χ2n) is 5.01. The molecule has 0 unspecified atom stereocenters. The Bertz CT molecular complexity index is 902. The van der Waals surface area contributed by atoms with Crippen molar-refractivity contribution in [3.05, 3.63) is 58.1 Å². The number of hydrogen-bond acceptors (Lipinski definition) is 3. The second-order valence-corrected chi connectivity index (χ2v) is 7.99. The van der Waals surface area contributed by atoms with E-state index in [1.54, 1.807) is 0 Å². The van der Waals surface area contributed by atoms with E-state index in [0.29, 0.717) is 10.5 Å². The Kier molecular flexibility index (Phi) is 5.36. The van der Waals surface area contributed by atoms with Crippen LogP contribution in [0.3, 0.4) is 0 Å². The summed E-state index contributed by atoms with van der Waals surface area (Å²) in [6, 6.07) is 6.69. The molecule has 0 atom stereocenters. The Morgan fingerprint density at radius 1 is 1.12 bits per heavy atom. The molecule has 0 saturated carbocycles. The molecule has 0 spiro atoms. The lowest BCUT2D eigenvalue weighted by atomic mass is 10.2. The number of rotatable bonds is 4. The van der Waals surface area contributed by atoms with Gasteiger partial charge >= 0.3 is 0 Å². The normalized spacial score (nSPS) is 11.6. The average molecular weight is 419 g/mol. The van der Waals surface area contributed by atoms with Crippen LogP contribution in [0.2, 0.25) is 0 Å². The van der Waals surface area contributed by atoms with Gasteiger partial charge in [-0.3, -0.25) is 4.79 Å². The standard InChI is InChI=1S/C15H13BrF2N2O3S/c1-20(2)24(22,23)14-7-9(3-5-11(14)16)15(21)19-13-6-4-10(17)8-12(13)18/h3-8H,1-2H3,(H,19,21). The summed E-state index contributed by atoms with van der Waals surface area (Å²) >= 11 is 3.13. The maximum Gasteiger partial charge on any atom is 0.255 e. The number of benzene rings is 2. The highest BCUT2D eigenvalue weighted by molar-refractivity contribution is 9.10. The van der Waals surface area contributed by atoms with Crippen molar-refractivity contribution in [2.75, 3.05) is 19.4 Å². The van der Waals surface area contributed by atoms with Gasteiger partial charge in [0.05, 0.1) is 10.6 Å². The Morgan fingerprint density at radius 3 is 2.38 bits per heavy atom. The molecule has 0 aromatic heterocycles. The minimum absolute atomic E-state index is 0.0161. The first kappa shape index (κ1) is 18.5. The first-order chi connectivity index (χ1) is 11.1. The number of halogens is 3. The van der Waals surface area contributed by atoms with Crippen LogP contribution in [0.4, 0.5) is 14.5 Å². The molecule has 2 aromatic rings. The molecular formula is C15H13BrF2N2O3S. The van der Waals surface area contributed by atoms with Crippen LogP contribution in [0.1, 0.15) is 10.4 Å². The van der Waals surface area contributed by atoms with Gasteiger partial charge in [0, 0.05) is 30.2 Å². The van der Waals surface area contributed by atoms with Crippen LogP contribution in [-0.4, -0.2) is 32.7 Å². The van der Waals surface area contributed by atoms with Gasteiger partial charge < -0.3 is 5.32 Å². The van der Waals surface area contributed by atoms with Crippen LogP contribution in [0.5, 0.6) is 0 Å². The number of amides is 1. The van der Waals surface area contributed by atoms with Gasteiger partial charge in [-0.25, -0.2) is 21.5 Å². The minimum Gasteiger partial charge on any atom is -0.319 e. The minimum atomic E-state index is -3.77. The number of nitrogens with one attached hydrogen (secondary N) is 1. The van der Waals surface area contributed by atoms with Crippen LogP contribution in [0.25, 0.3) is 0 Å². The number of anilines is 1. The van der Waals surface area contributed by atoms with E-state index in [0.717, 1.165) is 16.4 Å². The fourth-order valence-electron chi connectivity index (χ4n) is 1.82. The van der Waals surface area contributed by atoms with E-state index in [1.165, 1.54) is 32.3 Å². The van der Waals surface area contributed by atoms with Crippen molar-refractivity contribution in [3.63, 3.8) is 0 Å². The first-order valence-electron chi connectivity index (χ1n) is 6.61. The van der Waals surface area contributed by atoms with Gasteiger partial charge in [-0.1, -0.05) is 0 Å². The van der Waals surface area contributed by atoms with Crippen molar-refractivity contribution < 1.29 is 22.0 Å². The Hall–Kier alpha value is -1.84. The van der Waals surface area contributed by atoms with E-state index in [1.807, 2.05) is 0 Å². The van der Waals surface area contributed by atoms with E-state index >= 15 is 0 Å². The van der Waals surface area contributed by atoms with Crippen molar-refractivity contribution in [1.82, 2.24) is 4.31 Å². The molecule has 1 N–H and O–H groups in total. The van der Waals surface area contributed by atoms with Gasteiger partial charge in [-0.05, 0) is 46.3 Å². The molecule has 9 heteroatoms. The molecule has 128 valence electrons. The third-order valence-electron chi connectivity index (χ3n) is 3.13. The zero-order valence-corrected chi connectivity index (χ0v) is 15.1. The van der Waals surface area contributed by atoms with Crippen LogP contribution < -0.4 is 5.32 Å². The van der Waals surface area contributed by atoms with E-state index in [4.69, 9.17) is 0 Å². The Labute approximate surface area is 146 Å². The van der Waals surface area contributed by atoms with Crippen LogP contribution in [0.15, 0.2) is 45.8 Å². The summed E-state index contributed by atoms with van der Waals surface area (Å²) in [5.74, 6) is -2.42. The van der Waals surface area contributed by atoms with Gasteiger partial charge in [0.25, 0.3) is 5.91 Å². The summed E-state index contributed by atoms with van der Waals surface area (Å²) < 4.78 is 52.3.